The van der Waals surface area contributed by atoms with Crippen molar-refractivity contribution in [1.29, 1.82) is 0 Å². The molecule has 0 saturated heterocycles. The van der Waals surface area contributed by atoms with Gasteiger partial charge in [0.05, 0.1) is 23.3 Å². The number of benzene rings is 3. The van der Waals surface area contributed by atoms with Gasteiger partial charge in [-0.05, 0) is 29.3 Å². The first-order chi connectivity index (χ1) is 16.3. The molecular formula is C24H18N2O7S. The van der Waals surface area contributed by atoms with Gasteiger partial charge in [0.15, 0.2) is 0 Å². The fourth-order valence-electron chi connectivity index (χ4n) is 3.49. The van der Waals surface area contributed by atoms with Crippen LogP contribution in [-0.2, 0) is 26.0 Å². The Morgan fingerprint density at radius 1 is 1.00 bits per heavy atom. The van der Waals surface area contributed by atoms with Crippen molar-refractivity contribution in [2.75, 3.05) is 7.11 Å². The molecular weight excluding hydrogens is 460 g/mol. The molecule has 34 heavy (non-hydrogen) atoms. The van der Waals surface area contributed by atoms with E-state index in [1.165, 1.54) is 7.11 Å². The zero-order valence-electron chi connectivity index (χ0n) is 17.9. The number of hydrogen-bond donors (Lipinski definition) is 0. The normalized spacial score (nSPS) is 12.0. The Morgan fingerprint density at radius 2 is 1.65 bits per heavy atom. The number of fused-ring (bicyclic) bond motifs is 1. The fourth-order valence-corrected chi connectivity index (χ4v) is 4.42. The molecule has 0 amide bonds. The van der Waals surface area contributed by atoms with Gasteiger partial charge in [-0.3, -0.25) is 14.9 Å². The number of rotatable bonds is 6. The molecule has 0 N–H and O–H groups in total. The SMILES string of the molecule is COC(=O)Cc1c(-c2ccccc2)/c(=N/S(=O)(=O)c2ccc([N+](=O)[O-])cc2)oc2ccccc12. The van der Waals surface area contributed by atoms with Crippen LogP contribution in [0.5, 0.6) is 0 Å². The number of methoxy groups -OCH3 is 1. The molecule has 9 nitrogen and oxygen atoms in total. The van der Waals surface area contributed by atoms with Gasteiger partial charge in [-0.2, -0.15) is 8.42 Å². The first kappa shape index (κ1) is 22.9. The number of carbonyl (C=O) groups excluding carboxylic acids is 1. The van der Waals surface area contributed by atoms with Crippen LogP contribution in [0.1, 0.15) is 5.56 Å². The van der Waals surface area contributed by atoms with Gasteiger partial charge in [0.25, 0.3) is 15.7 Å². The van der Waals surface area contributed by atoms with E-state index in [1.807, 2.05) is 0 Å². The van der Waals surface area contributed by atoms with Crippen LogP contribution in [0.4, 0.5) is 5.69 Å². The summed E-state index contributed by atoms with van der Waals surface area (Å²) in [7, 11) is -3.05. The lowest BCUT2D eigenvalue weighted by Crippen LogP contribution is -2.16. The maximum atomic E-state index is 13.1. The summed E-state index contributed by atoms with van der Waals surface area (Å²) >= 11 is 0. The first-order valence-corrected chi connectivity index (χ1v) is 11.5. The second kappa shape index (κ2) is 9.28. The van der Waals surface area contributed by atoms with Crippen molar-refractivity contribution < 1.29 is 27.3 Å². The minimum Gasteiger partial charge on any atom is -0.469 e. The number of ether oxygens (including phenoxy) is 1. The van der Waals surface area contributed by atoms with Crippen molar-refractivity contribution in [3.05, 3.63) is 100 Å². The van der Waals surface area contributed by atoms with Gasteiger partial charge in [0, 0.05) is 23.1 Å². The second-order valence-electron chi connectivity index (χ2n) is 7.19. The van der Waals surface area contributed by atoms with E-state index in [4.69, 9.17) is 9.15 Å². The summed E-state index contributed by atoms with van der Waals surface area (Å²) in [5.74, 6) is -0.516. The summed E-state index contributed by atoms with van der Waals surface area (Å²) in [5, 5.41) is 11.5. The predicted octanol–water partition coefficient (Wildman–Crippen LogP) is 4.01. The zero-order valence-corrected chi connectivity index (χ0v) is 18.7. The lowest BCUT2D eigenvalue weighted by Gasteiger charge is -2.13. The molecule has 0 saturated carbocycles. The molecule has 1 heterocycles. The highest BCUT2D eigenvalue weighted by Gasteiger charge is 2.21. The van der Waals surface area contributed by atoms with Gasteiger partial charge in [0.1, 0.15) is 5.58 Å². The summed E-state index contributed by atoms with van der Waals surface area (Å²) in [6.07, 6.45) is -0.141. The molecule has 0 aliphatic carbocycles. The standard InChI is InChI=1S/C24H18N2O7S/c1-32-22(27)15-20-19-9-5-6-10-21(19)33-24(23(20)16-7-3-2-4-8-16)25-34(30,31)18-13-11-17(12-14-18)26(28)29/h2-14H,15H2,1H3/b25-24-. The van der Waals surface area contributed by atoms with Crippen molar-refractivity contribution in [3.63, 3.8) is 0 Å². The summed E-state index contributed by atoms with van der Waals surface area (Å²) in [6, 6.07) is 20.1. The van der Waals surface area contributed by atoms with Crippen LogP contribution < -0.4 is 5.55 Å². The maximum absolute atomic E-state index is 13.1. The van der Waals surface area contributed by atoms with Crippen molar-refractivity contribution >= 4 is 32.6 Å². The fraction of sp³-hybridized carbons (Fsp3) is 0.0833. The van der Waals surface area contributed by atoms with E-state index in [0.29, 0.717) is 27.7 Å². The van der Waals surface area contributed by atoms with E-state index in [9.17, 15) is 23.3 Å². The summed E-state index contributed by atoms with van der Waals surface area (Å²) in [5.41, 5.74) is 1.28. The number of sulfonamides is 1. The highest BCUT2D eigenvalue weighted by Crippen LogP contribution is 2.29. The van der Waals surface area contributed by atoms with Gasteiger partial charge >= 0.3 is 5.97 Å². The Labute approximate surface area is 194 Å². The number of nitro groups is 1. The summed E-state index contributed by atoms with van der Waals surface area (Å²) in [6.45, 7) is 0. The Hall–Kier alpha value is -4.31. The Bertz CT molecular complexity index is 1560. The first-order valence-electron chi connectivity index (χ1n) is 10.0. The van der Waals surface area contributed by atoms with Crippen molar-refractivity contribution in [2.24, 2.45) is 4.40 Å². The molecule has 4 aromatic rings. The lowest BCUT2D eigenvalue weighted by atomic mass is 9.96. The van der Waals surface area contributed by atoms with Crippen LogP contribution in [-0.4, -0.2) is 26.4 Å². The quantitative estimate of drug-likeness (QED) is 0.232. The molecule has 10 heteroatoms. The number of non-ortho nitro benzene ring substituents is 1. The van der Waals surface area contributed by atoms with E-state index >= 15 is 0 Å². The van der Waals surface area contributed by atoms with E-state index < -0.39 is 20.9 Å². The molecule has 0 unspecified atom stereocenters. The number of esters is 1. The van der Waals surface area contributed by atoms with Crippen LogP contribution in [0.3, 0.4) is 0 Å². The van der Waals surface area contributed by atoms with Crippen molar-refractivity contribution in [1.82, 2.24) is 0 Å². The van der Waals surface area contributed by atoms with Crippen LogP contribution >= 0.6 is 0 Å². The highest BCUT2D eigenvalue weighted by molar-refractivity contribution is 7.90. The second-order valence-corrected chi connectivity index (χ2v) is 8.80. The van der Waals surface area contributed by atoms with Gasteiger partial charge in [-0.1, -0.05) is 48.5 Å². The number of nitro benzene ring substituents is 1. The van der Waals surface area contributed by atoms with Crippen molar-refractivity contribution in [2.45, 2.75) is 11.3 Å². The van der Waals surface area contributed by atoms with Gasteiger partial charge < -0.3 is 9.15 Å². The number of carbonyl (C=O) groups is 1. The molecule has 0 spiro atoms. The number of hydrogen-bond acceptors (Lipinski definition) is 7. The molecule has 0 aliphatic heterocycles. The average molecular weight is 478 g/mol. The smallest absolute Gasteiger partial charge is 0.310 e. The third kappa shape index (κ3) is 4.57. The summed E-state index contributed by atoms with van der Waals surface area (Å²) < 4.78 is 40.9. The highest BCUT2D eigenvalue weighted by atomic mass is 32.2. The lowest BCUT2D eigenvalue weighted by molar-refractivity contribution is -0.384. The molecule has 1 aromatic heterocycles. The van der Waals surface area contributed by atoms with Crippen molar-refractivity contribution in [3.8, 4) is 11.1 Å². The summed E-state index contributed by atoms with van der Waals surface area (Å²) in [4.78, 5) is 22.3. The third-order valence-electron chi connectivity index (χ3n) is 5.09. The zero-order chi connectivity index (χ0) is 24.3. The van der Waals surface area contributed by atoms with Gasteiger partial charge in [-0.15, -0.1) is 4.40 Å². The number of para-hydroxylation sites is 1. The molecule has 3 aromatic carbocycles. The van der Waals surface area contributed by atoms with Crippen LogP contribution in [0.25, 0.3) is 22.1 Å². The molecule has 0 atom stereocenters. The molecule has 172 valence electrons. The topological polar surface area (TPSA) is 129 Å². The molecule has 0 bridgehead atoms. The van der Waals surface area contributed by atoms with E-state index in [2.05, 4.69) is 4.40 Å². The largest absolute Gasteiger partial charge is 0.469 e. The third-order valence-corrected chi connectivity index (χ3v) is 6.37. The van der Waals surface area contributed by atoms with E-state index in [0.717, 1.165) is 24.3 Å². The predicted molar refractivity (Wildman–Crippen MR) is 123 cm³/mol. The molecule has 0 aliphatic rings. The Balaban J connectivity index is 2.04. The Kier molecular flexibility index (Phi) is 6.24. The van der Waals surface area contributed by atoms with Crippen LogP contribution in [0.2, 0.25) is 0 Å². The number of nitrogens with zero attached hydrogens (tertiary/aromatic N) is 2. The monoisotopic (exact) mass is 478 g/mol. The minimum absolute atomic E-state index is 0.141. The van der Waals surface area contributed by atoms with E-state index in [1.54, 1.807) is 54.6 Å². The van der Waals surface area contributed by atoms with Crippen LogP contribution in [0, 0.1) is 10.1 Å². The Morgan fingerprint density at radius 3 is 2.29 bits per heavy atom. The average Bonchev–Trinajstić information content (AvgIpc) is 2.84. The maximum Gasteiger partial charge on any atom is 0.310 e. The van der Waals surface area contributed by atoms with Crippen LogP contribution in [0.15, 0.2) is 92.6 Å². The molecule has 0 fully saturated rings. The minimum atomic E-state index is -4.31. The van der Waals surface area contributed by atoms with Gasteiger partial charge in [0.2, 0.25) is 5.55 Å². The van der Waals surface area contributed by atoms with Gasteiger partial charge in [-0.25, -0.2) is 0 Å². The van der Waals surface area contributed by atoms with E-state index in [-0.39, 0.29) is 22.6 Å². The molecule has 4 rings (SSSR count). The molecule has 0 radical (unpaired) electrons.